The van der Waals surface area contributed by atoms with Gasteiger partial charge in [-0.25, -0.2) is 0 Å². The molecule has 4 atom stereocenters. The third-order valence-corrected chi connectivity index (χ3v) is 4.71. The Morgan fingerprint density at radius 3 is 2.56 bits per heavy atom. The third kappa shape index (κ3) is 3.99. The van der Waals surface area contributed by atoms with Crippen molar-refractivity contribution in [3.8, 4) is 6.07 Å². The molecule has 18 heavy (non-hydrogen) atoms. The van der Waals surface area contributed by atoms with Gasteiger partial charge < -0.3 is 0 Å². The van der Waals surface area contributed by atoms with Gasteiger partial charge in [-0.05, 0) is 45.6 Å². The molecule has 1 rings (SSSR count). The van der Waals surface area contributed by atoms with Gasteiger partial charge in [-0.2, -0.15) is 5.26 Å². The number of nitriles is 1. The van der Waals surface area contributed by atoms with Gasteiger partial charge in [-0.15, -0.1) is 0 Å². The quantitative estimate of drug-likeness (QED) is 0.706. The molecule has 1 aliphatic rings. The molecule has 0 bridgehead atoms. The van der Waals surface area contributed by atoms with E-state index in [0.717, 1.165) is 12.3 Å². The topological polar surface area (TPSA) is 27.0 Å². The van der Waals surface area contributed by atoms with Gasteiger partial charge in [-0.3, -0.25) is 4.90 Å². The molecule has 2 nitrogen and oxygen atoms in total. The first-order chi connectivity index (χ1) is 8.63. The van der Waals surface area contributed by atoms with Crippen LogP contribution in [-0.2, 0) is 0 Å². The molecule has 2 heteroatoms. The largest absolute Gasteiger partial charge is 0.299 e. The summed E-state index contributed by atoms with van der Waals surface area (Å²) >= 11 is 0. The molecule has 0 aromatic carbocycles. The van der Waals surface area contributed by atoms with E-state index in [0.29, 0.717) is 12.1 Å². The van der Waals surface area contributed by atoms with Crippen molar-refractivity contribution in [2.45, 2.75) is 77.8 Å². The van der Waals surface area contributed by atoms with Crippen LogP contribution in [0.5, 0.6) is 0 Å². The van der Waals surface area contributed by atoms with Crippen molar-refractivity contribution in [3.63, 3.8) is 0 Å². The zero-order valence-electron chi connectivity index (χ0n) is 12.7. The van der Waals surface area contributed by atoms with Crippen LogP contribution in [0.1, 0.15) is 65.7 Å². The standard InChI is InChI=1S/C16H30N2/c1-5-7-13(3)18(4)16-11-14(8-6-2)9-10-15(16)12-17/h13-16H,5-11H2,1-4H3. The van der Waals surface area contributed by atoms with Crippen LogP contribution in [0.4, 0.5) is 0 Å². The van der Waals surface area contributed by atoms with E-state index in [2.05, 4.69) is 38.8 Å². The van der Waals surface area contributed by atoms with Crippen LogP contribution in [0, 0.1) is 23.2 Å². The molecule has 4 unspecified atom stereocenters. The van der Waals surface area contributed by atoms with Crippen molar-refractivity contribution >= 4 is 0 Å². The highest BCUT2D eigenvalue weighted by Gasteiger charge is 2.34. The van der Waals surface area contributed by atoms with Crippen molar-refractivity contribution in [1.29, 1.82) is 5.26 Å². The number of hydrogen-bond acceptors (Lipinski definition) is 2. The van der Waals surface area contributed by atoms with Crippen molar-refractivity contribution in [2.75, 3.05) is 7.05 Å². The van der Waals surface area contributed by atoms with E-state index in [1.54, 1.807) is 0 Å². The summed E-state index contributed by atoms with van der Waals surface area (Å²) in [5.41, 5.74) is 0. The first-order valence-corrected chi connectivity index (χ1v) is 7.75. The summed E-state index contributed by atoms with van der Waals surface area (Å²) in [7, 11) is 2.23. The molecule has 0 amide bonds. The van der Waals surface area contributed by atoms with Gasteiger partial charge in [0.1, 0.15) is 0 Å². The molecule has 0 heterocycles. The predicted octanol–water partition coefficient (Wildman–Crippen LogP) is 4.22. The third-order valence-electron chi connectivity index (χ3n) is 4.71. The number of hydrogen-bond donors (Lipinski definition) is 0. The lowest BCUT2D eigenvalue weighted by Crippen LogP contribution is -2.46. The lowest BCUT2D eigenvalue weighted by Gasteiger charge is -2.41. The molecule has 1 fully saturated rings. The Balaban J connectivity index is 2.64. The van der Waals surface area contributed by atoms with E-state index in [4.69, 9.17) is 0 Å². The van der Waals surface area contributed by atoms with E-state index >= 15 is 0 Å². The number of nitrogens with zero attached hydrogens (tertiary/aromatic N) is 2. The Bertz CT molecular complexity index is 265. The monoisotopic (exact) mass is 250 g/mol. The van der Waals surface area contributed by atoms with Crippen LogP contribution >= 0.6 is 0 Å². The van der Waals surface area contributed by atoms with Crippen molar-refractivity contribution in [3.05, 3.63) is 0 Å². The highest BCUT2D eigenvalue weighted by molar-refractivity contribution is 4.97. The highest BCUT2D eigenvalue weighted by atomic mass is 15.2. The van der Waals surface area contributed by atoms with E-state index in [-0.39, 0.29) is 5.92 Å². The highest BCUT2D eigenvalue weighted by Crippen LogP contribution is 2.35. The summed E-state index contributed by atoms with van der Waals surface area (Å²) in [5, 5.41) is 9.36. The second-order valence-electron chi connectivity index (χ2n) is 6.07. The van der Waals surface area contributed by atoms with E-state index in [9.17, 15) is 5.26 Å². The lowest BCUT2D eigenvalue weighted by atomic mass is 9.76. The van der Waals surface area contributed by atoms with Crippen LogP contribution in [0.15, 0.2) is 0 Å². The Morgan fingerprint density at radius 2 is 2.00 bits per heavy atom. The second kappa shape index (κ2) is 7.79. The molecular weight excluding hydrogens is 220 g/mol. The first kappa shape index (κ1) is 15.5. The fourth-order valence-corrected chi connectivity index (χ4v) is 3.45. The van der Waals surface area contributed by atoms with Crippen LogP contribution in [0.2, 0.25) is 0 Å². The number of rotatable bonds is 6. The fraction of sp³-hybridized carbons (Fsp3) is 0.938. The Kier molecular flexibility index (Phi) is 6.71. The summed E-state index contributed by atoms with van der Waals surface area (Å²) in [4.78, 5) is 2.49. The van der Waals surface area contributed by atoms with Gasteiger partial charge >= 0.3 is 0 Å². The molecular formula is C16H30N2. The zero-order chi connectivity index (χ0) is 13.5. The second-order valence-corrected chi connectivity index (χ2v) is 6.07. The molecule has 1 saturated carbocycles. The normalized spacial score (nSPS) is 30.1. The van der Waals surface area contributed by atoms with Gasteiger partial charge in [0.05, 0.1) is 12.0 Å². The van der Waals surface area contributed by atoms with E-state index < -0.39 is 0 Å². The van der Waals surface area contributed by atoms with Gasteiger partial charge in [0.25, 0.3) is 0 Å². The van der Waals surface area contributed by atoms with Crippen LogP contribution < -0.4 is 0 Å². The SMILES string of the molecule is CCCC1CCC(C#N)C(N(C)C(C)CCC)C1. The Morgan fingerprint density at radius 1 is 1.28 bits per heavy atom. The van der Waals surface area contributed by atoms with Gasteiger partial charge in [0.15, 0.2) is 0 Å². The van der Waals surface area contributed by atoms with Gasteiger partial charge in [-0.1, -0.05) is 33.1 Å². The molecule has 0 spiro atoms. The summed E-state index contributed by atoms with van der Waals surface area (Å²) < 4.78 is 0. The Labute approximate surface area is 113 Å². The van der Waals surface area contributed by atoms with Crippen molar-refractivity contribution in [2.24, 2.45) is 11.8 Å². The van der Waals surface area contributed by atoms with Crippen molar-refractivity contribution < 1.29 is 0 Å². The molecule has 104 valence electrons. The minimum atomic E-state index is 0.252. The molecule has 0 aromatic rings. The van der Waals surface area contributed by atoms with Gasteiger partial charge in [0, 0.05) is 12.1 Å². The molecule has 1 aliphatic carbocycles. The predicted molar refractivity (Wildman–Crippen MR) is 77.3 cm³/mol. The van der Waals surface area contributed by atoms with Gasteiger partial charge in [0.2, 0.25) is 0 Å². The maximum absolute atomic E-state index is 9.36. The maximum atomic E-state index is 9.36. The van der Waals surface area contributed by atoms with Crippen molar-refractivity contribution in [1.82, 2.24) is 4.90 Å². The van der Waals surface area contributed by atoms with Crippen LogP contribution in [0.25, 0.3) is 0 Å². The molecule has 0 aliphatic heterocycles. The first-order valence-electron chi connectivity index (χ1n) is 7.75. The Hall–Kier alpha value is -0.550. The van der Waals surface area contributed by atoms with E-state index in [1.165, 1.54) is 38.5 Å². The lowest BCUT2D eigenvalue weighted by molar-refractivity contribution is 0.0869. The molecule has 0 aromatic heterocycles. The minimum Gasteiger partial charge on any atom is -0.299 e. The average Bonchev–Trinajstić information content (AvgIpc) is 2.38. The zero-order valence-corrected chi connectivity index (χ0v) is 12.7. The summed E-state index contributed by atoms with van der Waals surface area (Å²) in [5.74, 6) is 1.10. The van der Waals surface area contributed by atoms with Crippen LogP contribution in [-0.4, -0.2) is 24.0 Å². The summed E-state index contributed by atoms with van der Waals surface area (Å²) in [6.07, 6.45) is 8.69. The summed E-state index contributed by atoms with van der Waals surface area (Å²) in [6, 6.07) is 3.65. The summed E-state index contributed by atoms with van der Waals surface area (Å²) in [6.45, 7) is 6.82. The maximum Gasteiger partial charge on any atom is 0.0672 e. The van der Waals surface area contributed by atoms with Crippen LogP contribution in [0.3, 0.4) is 0 Å². The molecule has 0 radical (unpaired) electrons. The fourth-order valence-electron chi connectivity index (χ4n) is 3.45. The average molecular weight is 250 g/mol. The van der Waals surface area contributed by atoms with E-state index in [1.807, 2.05) is 0 Å². The smallest absolute Gasteiger partial charge is 0.0672 e. The molecule has 0 saturated heterocycles. The minimum absolute atomic E-state index is 0.252. The molecule has 0 N–H and O–H groups in total.